The van der Waals surface area contributed by atoms with Crippen LogP contribution in [0.1, 0.15) is 22.2 Å². The van der Waals surface area contributed by atoms with Crippen LogP contribution in [0.25, 0.3) is 0 Å². The lowest BCUT2D eigenvalue weighted by molar-refractivity contribution is 0.0732. The van der Waals surface area contributed by atoms with Gasteiger partial charge in [-0.05, 0) is 18.4 Å². The minimum atomic E-state index is -0.0291. The van der Waals surface area contributed by atoms with Crippen molar-refractivity contribution in [3.63, 3.8) is 0 Å². The number of hydrogen-bond acceptors (Lipinski definition) is 4. The molecule has 4 nitrogen and oxygen atoms in total. The summed E-state index contributed by atoms with van der Waals surface area (Å²) in [6.45, 7) is 3.31. The predicted octanol–water partition coefficient (Wildman–Crippen LogP) is 1.35. The van der Waals surface area contributed by atoms with Crippen molar-refractivity contribution in [3.05, 3.63) is 21.9 Å². The van der Waals surface area contributed by atoms with Crippen molar-refractivity contribution in [1.82, 2.24) is 4.90 Å². The third kappa shape index (κ3) is 3.04. The monoisotopic (exact) mass is 243 g/mol. The van der Waals surface area contributed by atoms with E-state index in [-0.39, 0.29) is 12.5 Å². The van der Waals surface area contributed by atoms with E-state index in [1.54, 1.807) is 12.0 Å². The van der Waals surface area contributed by atoms with Crippen LogP contribution in [0, 0.1) is 0 Å². The normalized spacial score (nSPS) is 10.4. The molecule has 0 bridgehead atoms. The summed E-state index contributed by atoms with van der Waals surface area (Å²) < 4.78 is 5.04. The number of carbonyl (C=O) groups is 1. The quantitative estimate of drug-likeness (QED) is 0.820. The van der Waals surface area contributed by atoms with E-state index in [4.69, 9.17) is 9.84 Å². The third-order valence-electron chi connectivity index (χ3n) is 2.28. The van der Waals surface area contributed by atoms with Gasteiger partial charge in [-0.3, -0.25) is 4.79 Å². The summed E-state index contributed by atoms with van der Waals surface area (Å²) in [7, 11) is 1.61. The number of carbonyl (C=O) groups excluding carboxylic acids is 1. The van der Waals surface area contributed by atoms with Gasteiger partial charge in [-0.2, -0.15) is 0 Å². The van der Waals surface area contributed by atoms with Crippen molar-refractivity contribution < 1.29 is 14.6 Å². The highest BCUT2D eigenvalue weighted by Crippen LogP contribution is 2.19. The summed E-state index contributed by atoms with van der Waals surface area (Å²) in [5, 5.41) is 10.8. The fourth-order valence-corrected chi connectivity index (χ4v) is 2.34. The van der Waals surface area contributed by atoms with E-state index in [0.717, 1.165) is 5.56 Å². The number of thiophene rings is 1. The Kier molecular flexibility index (Phi) is 5.45. The first-order valence-corrected chi connectivity index (χ1v) is 6.08. The van der Waals surface area contributed by atoms with Gasteiger partial charge in [0, 0.05) is 25.8 Å². The second-order valence-corrected chi connectivity index (χ2v) is 4.23. The van der Waals surface area contributed by atoms with Crippen LogP contribution >= 0.6 is 11.3 Å². The van der Waals surface area contributed by atoms with E-state index in [9.17, 15) is 4.79 Å². The molecule has 0 saturated heterocycles. The van der Waals surface area contributed by atoms with Gasteiger partial charge in [0.05, 0.1) is 18.1 Å². The molecule has 0 aliphatic carbocycles. The summed E-state index contributed by atoms with van der Waals surface area (Å²) in [5.41, 5.74) is 0.911. The smallest absolute Gasteiger partial charge is 0.264 e. The SMILES string of the molecule is CCN(CCO)C(=O)c1sccc1COC. The first kappa shape index (κ1) is 13.2. The Morgan fingerprint density at radius 1 is 1.62 bits per heavy atom. The molecular weight excluding hydrogens is 226 g/mol. The van der Waals surface area contributed by atoms with Crippen LogP contribution in [-0.4, -0.2) is 42.7 Å². The fourth-order valence-electron chi connectivity index (χ4n) is 1.46. The molecule has 0 aliphatic rings. The Balaban J connectivity index is 2.81. The maximum absolute atomic E-state index is 12.1. The van der Waals surface area contributed by atoms with E-state index in [0.29, 0.717) is 24.6 Å². The highest BCUT2D eigenvalue weighted by molar-refractivity contribution is 7.12. The highest BCUT2D eigenvalue weighted by Gasteiger charge is 2.18. The number of likely N-dealkylation sites (N-methyl/N-ethyl adjacent to an activating group) is 1. The van der Waals surface area contributed by atoms with E-state index in [2.05, 4.69) is 0 Å². The summed E-state index contributed by atoms with van der Waals surface area (Å²) in [4.78, 5) is 14.4. The zero-order chi connectivity index (χ0) is 12.0. The number of hydrogen-bond donors (Lipinski definition) is 1. The molecule has 0 atom stereocenters. The summed E-state index contributed by atoms with van der Waals surface area (Å²) in [6, 6.07) is 1.90. The Morgan fingerprint density at radius 3 is 2.94 bits per heavy atom. The summed E-state index contributed by atoms with van der Waals surface area (Å²) in [6.07, 6.45) is 0. The molecular formula is C11H17NO3S. The molecule has 0 radical (unpaired) electrons. The molecule has 5 heteroatoms. The Labute approximate surface area is 99.5 Å². The maximum atomic E-state index is 12.1. The molecule has 0 unspecified atom stereocenters. The summed E-state index contributed by atoms with van der Waals surface area (Å²) >= 11 is 1.41. The van der Waals surface area contributed by atoms with Crippen molar-refractivity contribution in [2.45, 2.75) is 13.5 Å². The molecule has 16 heavy (non-hydrogen) atoms. The molecule has 1 amide bonds. The van der Waals surface area contributed by atoms with E-state index >= 15 is 0 Å². The van der Waals surface area contributed by atoms with Crippen molar-refractivity contribution in [3.8, 4) is 0 Å². The van der Waals surface area contributed by atoms with Gasteiger partial charge < -0.3 is 14.7 Å². The van der Waals surface area contributed by atoms with Crippen molar-refractivity contribution in [2.75, 3.05) is 26.8 Å². The number of rotatable bonds is 6. The number of ether oxygens (including phenoxy) is 1. The Bertz CT molecular complexity index is 338. The van der Waals surface area contributed by atoms with E-state index in [1.165, 1.54) is 11.3 Å². The van der Waals surface area contributed by atoms with Gasteiger partial charge in [-0.15, -0.1) is 11.3 Å². The van der Waals surface area contributed by atoms with E-state index in [1.807, 2.05) is 18.4 Å². The lowest BCUT2D eigenvalue weighted by Gasteiger charge is -2.19. The lowest BCUT2D eigenvalue weighted by atomic mass is 10.2. The van der Waals surface area contributed by atoms with Gasteiger partial charge in [0.2, 0.25) is 0 Å². The lowest BCUT2D eigenvalue weighted by Crippen LogP contribution is -2.33. The molecule has 1 heterocycles. The zero-order valence-electron chi connectivity index (χ0n) is 9.60. The Hall–Kier alpha value is -0.910. The molecule has 1 aromatic heterocycles. The van der Waals surface area contributed by atoms with Gasteiger partial charge in [-0.1, -0.05) is 0 Å². The first-order valence-electron chi connectivity index (χ1n) is 5.20. The van der Waals surface area contributed by atoms with Crippen molar-refractivity contribution >= 4 is 17.2 Å². The molecule has 1 rings (SSSR count). The number of aliphatic hydroxyl groups excluding tert-OH is 1. The minimum Gasteiger partial charge on any atom is -0.395 e. The van der Waals surface area contributed by atoms with Gasteiger partial charge in [0.25, 0.3) is 5.91 Å². The third-order valence-corrected chi connectivity index (χ3v) is 3.22. The largest absolute Gasteiger partial charge is 0.395 e. The molecule has 1 N–H and O–H groups in total. The van der Waals surface area contributed by atoms with Crippen molar-refractivity contribution in [1.29, 1.82) is 0 Å². The molecule has 0 aromatic carbocycles. The van der Waals surface area contributed by atoms with Crippen LogP contribution in [0.15, 0.2) is 11.4 Å². The van der Waals surface area contributed by atoms with Gasteiger partial charge >= 0.3 is 0 Å². The second kappa shape index (κ2) is 6.62. The average molecular weight is 243 g/mol. The van der Waals surface area contributed by atoms with Crippen molar-refractivity contribution in [2.24, 2.45) is 0 Å². The predicted molar refractivity (Wildman–Crippen MR) is 63.7 cm³/mol. The molecule has 0 saturated carbocycles. The van der Waals surface area contributed by atoms with Gasteiger partial charge in [-0.25, -0.2) is 0 Å². The molecule has 1 aromatic rings. The number of nitrogens with zero attached hydrogens (tertiary/aromatic N) is 1. The van der Waals surface area contributed by atoms with Crippen LogP contribution < -0.4 is 0 Å². The molecule has 0 fully saturated rings. The maximum Gasteiger partial charge on any atom is 0.264 e. The first-order chi connectivity index (χ1) is 7.74. The average Bonchev–Trinajstić information content (AvgIpc) is 2.73. The standard InChI is InChI=1S/C11H17NO3S/c1-3-12(5-6-13)11(14)10-9(8-15-2)4-7-16-10/h4,7,13H,3,5-6,8H2,1-2H3. The molecule has 0 aliphatic heterocycles. The molecule has 0 spiro atoms. The number of methoxy groups -OCH3 is 1. The second-order valence-electron chi connectivity index (χ2n) is 3.32. The Morgan fingerprint density at radius 2 is 2.38 bits per heavy atom. The van der Waals surface area contributed by atoms with Crippen LogP contribution in [0.3, 0.4) is 0 Å². The minimum absolute atomic E-state index is 0.00936. The van der Waals surface area contributed by atoms with Crippen LogP contribution in [0.4, 0.5) is 0 Å². The van der Waals surface area contributed by atoms with Crippen LogP contribution in [0.2, 0.25) is 0 Å². The van der Waals surface area contributed by atoms with Gasteiger partial charge in [0.1, 0.15) is 0 Å². The molecule has 90 valence electrons. The fraction of sp³-hybridized carbons (Fsp3) is 0.545. The van der Waals surface area contributed by atoms with E-state index < -0.39 is 0 Å². The van der Waals surface area contributed by atoms with Gasteiger partial charge in [0.15, 0.2) is 0 Å². The van der Waals surface area contributed by atoms with Crippen LogP contribution in [-0.2, 0) is 11.3 Å². The highest BCUT2D eigenvalue weighted by atomic mass is 32.1. The summed E-state index contributed by atoms with van der Waals surface area (Å²) in [5.74, 6) is -0.0291. The van der Waals surface area contributed by atoms with Crippen LogP contribution in [0.5, 0.6) is 0 Å². The zero-order valence-corrected chi connectivity index (χ0v) is 10.4. The number of aliphatic hydroxyl groups is 1. The topological polar surface area (TPSA) is 49.8 Å². The number of amides is 1.